The van der Waals surface area contributed by atoms with E-state index >= 15 is 0 Å². The predicted octanol–water partition coefficient (Wildman–Crippen LogP) is 2.82. The molecule has 0 bridgehead atoms. The number of aryl methyl sites for hydroxylation is 1. The first kappa shape index (κ1) is 11.2. The summed E-state index contributed by atoms with van der Waals surface area (Å²) in [6.07, 6.45) is -0.319. The van der Waals surface area contributed by atoms with Crippen LogP contribution in [-0.2, 0) is 0 Å². The van der Waals surface area contributed by atoms with Crippen LogP contribution in [0.2, 0.25) is 0 Å². The van der Waals surface area contributed by atoms with E-state index in [-0.39, 0.29) is 6.29 Å². The molecule has 1 N–H and O–H groups in total. The van der Waals surface area contributed by atoms with Crippen LogP contribution in [0.15, 0.2) is 63.9 Å². The SMILES string of the molecule is Cc1ccc2c(c1)C(c1ccccc1)=N[C@@H]1N=NNN21. The molecule has 0 amide bonds. The van der Waals surface area contributed by atoms with Crippen molar-refractivity contribution in [3.63, 3.8) is 0 Å². The van der Waals surface area contributed by atoms with Crippen LogP contribution in [0, 0.1) is 6.92 Å². The zero-order chi connectivity index (χ0) is 13.5. The minimum Gasteiger partial charge on any atom is -0.234 e. The lowest BCUT2D eigenvalue weighted by molar-refractivity contribution is 0.640. The molecule has 2 aromatic rings. The molecular formula is C15H13N5. The van der Waals surface area contributed by atoms with Gasteiger partial charge in [-0.05, 0) is 19.1 Å². The molecule has 0 aromatic heterocycles. The predicted molar refractivity (Wildman–Crippen MR) is 77.5 cm³/mol. The Kier molecular flexibility index (Phi) is 2.32. The number of fused-ring (bicyclic) bond motifs is 3. The molecule has 0 fully saturated rings. The lowest BCUT2D eigenvalue weighted by Crippen LogP contribution is -2.40. The molecule has 0 spiro atoms. The van der Waals surface area contributed by atoms with Gasteiger partial charge in [0, 0.05) is 11.1 Å². The van der Waals surface area contributed by atoms with Gasteiger partial charge in [0.2, 0.25) is 0 Å². The second kappa shape index (κ2) is 4.16. The Balaban J connectivity index is 1.94. The molecule has 98 valence electrons. The average Bonchev–Trinajstić information content (AvgIpc) is 2.95. The van der Waals surface area contributed by atoms with Gasteiger partial charge >= 0.3 is 0 Å². The van der Waals surface area contributed by atoms with Crippen LogP contribution < -0.4 is 10.5 Å². The number of benzene rings is 2. The summed E-state index contributed by atoms with van der Waals surface area (Å²) in [6.45, 7) is 2.08. The van der Waals surface area contributed by atoms with Crippen molar-refractivity contribution in [2.45, 2.75) is 13.2 Å². The van der Waals surface area contributed by atoms with Gasteiger partial charge in [0.15, 0.2) is 0 Å². The number of nitrogens with zero attached hydrogens (tertiary/aromatic N) is 4. The van der Waals surface area contributed by atoms with E-state index in [1.807, 2.05) is 23.2 Å². The lowest BCUT2D eigenvalue weighted by atomic mass is 9.97. The molecule has 20 heavy (non-hydrogen) atoms. The Morgan fingerprint density at radius 2 is 1.95 bits per heavy atom. The van der Waals surface area contributed by atoms with Gasteiger partial charge in [-0.3, -0.25) is 0 Å². The maximum absolute atomic E-state index is 4.72. The third-order valence-corrected chi connectivity index (χ3v) is 3.50. The van der Waals surface area contributed by atoms with Gasteiger partial charge < -0.3 is 0 Å². The number of nitrogens with one attached hydrogen (secondary N) is 1. The fourth-order valence-electron chi connectivity index (χ4n) is 2.55. The Hall–Kier alpha value is -2.69. The molecule has 5 heteroatoms. The summed E-state index contributed by atoms with van der Waals surface area (Å²) in [7, 11) is 0. The fraction of sp³-hybridized carbons (Fsp3) is 0.133. The van der Waals surface area contributed by atoms with E-state index in [4.69, 9.17) is 4.99 Å². The van der Waals surface area contributed by atoms with E-state index in [2.05, 4.69) is 53.1 Å². The largest absolute Gasteiger partial charge is 0.256 e. The van der Waals surface area contributed by atoms with Crippen molar-refractivity contribution in [2.75, 3.05) is 5.01 Å². The van der Waals surface area contributed by atoms with E-state index in [1.54, 1.807) is 0 Å². The molecule has 0 aliphatic carbocycles. The number of rotatable bonds is 1. The van der Waals surface area contributed by atoms with Crippen molar-refractivity contribution in [3.05, 3.63) is 65.2 Å². The molecule has 0 saturated heterocycles. The first-order chi connectivity index (χ1) is 9.83. The van der Waals surface area contributed by atoms with Crippen molar-refractivity contribution >= 4 is 11.4 Å². The summed E-state index contributed by atoms with van der Waals surface area (Å²) in [5, 5.41) is 9.85. The van der Waals surface area contributed by atoms with Crippen molar-refractivity contribution in [1.29, 1.82) is 0 Å². The van der Waals surface area contributed by atoms with Crippen molar-refractivity contribution in [1.82, 2.24) is 5.53 Å². The quantitative estimate of drug-likeness (QED) is 0.860. The molecule has 2 aliphatic rings. The summed E-state index contributed by atoms with van der Waals surface area (Å²) >= 11 is 0. The second-order valence-corrected chi connectivity index (χ2v) is 4.90. The van der Waals surface area contributed by atoms with Crippen LogP contribution in [0.25, 0.3) is 0 Å². The highest BCUT2D eigenvalue weighted by atomic mass is 15.8. The summed E-state index contributed by atoms with van der Waals surface area (Å²) < 4.78 is 0. The molecule has 4 rings (SSSR count). The van der Waals surface area contributed by atoms with Gasteiger partial charge in [0.05, 0.1) is 11.4 Å². The second-order valence-electron chi connectivity index (χ2n) is 4.90. The van der Waals surface area contributed by atoms with Crippen LogP contribution in [0.5, 0.6) is 0 Å². The standard InChI is InChI=1S/C15H13N5/c1-10-7-8-13-12(9-10)14(11-5-3-2-4-6-11)16-15-17-18-19-20(13)15/h2-9,15H,1H3,(H,17,19)/t15-/m1/s1. The van der Waals surface area contributed by atoms with Gasteiger partial charge in [-0.1, -0.05) is 47.2 Å². The molecule has 2 heterocycles. The third kappa shape index (κ3) is 1.60. The number of hydrogen-bond acceptors (Lipinski definition) is 5. The number of hydrazine groups is 1. The van der Waals surface area contributed by atoms with Gasteiger partial charge in [0.1, 0.15) is 0 Å². The van der Waals surface area contributed by atoms with Crippen LogP contribution in [0.1, 0.15) is 16.7 Å². The Bertz CT molecular complexity index is 720. The van der Waals surface area contributed by atoms with Crippen molar-refractivity contribution < 1.29 is 0 Å². The topological polar surface area (TPSA) is 52.4 Å². The highest BCUT2D eigenvalue weighted by molar-refractivity contribution is 6.17. The van der Waals surface area contributed by atoms with E-state index in [9.17, 15) is 0 Å². The van der Waals surface area contributed by atoms with Gasteiger partial charge in [-0.25, -0.2) is 10.0 Å². The first-order valence-electron chi connectivity index (χ1n) is 6.52. The van der Waals surface area contributed by atoms with Gasteiger partial charge in [-0.2, -0.15) is 5.53 Å². The summed E-state index contributed by atoms with van der Waals surface area (Å²) in [6, 6.07) is 16.5. The molecule has 0 saturated carbocycles. The van der Waals surface area contributed by atoms with Crippen molar-refractivity contribution in [2.24, 2.45) is 15.3 Å². The molecule has 5 nitrogen and oxygen atoms in total. The lowest BCUT2D eigenvalue weighted by Gasteiger charge is -2.28. The van der Waals surface area contributed by atoms with Gasteiger partial charge in [-0.15, -0.1) is 5.11 Å². The smallest absolute Gasteiger partial charge is 0.234 e. The van der Waals surface area contributed by atoms with Crippen LogP contribution in [0.4, 0.5) is 5.69 Å². The monoisotopic (exact) mass is 263 g/mol. The number of aliphatic imine (C=N–C) groups is 1. The zero-order valence-corrected chi connectivity index (χ0v) is 11.0. The Morgan fingerprint density at radius 3 is 2.80 bits per heavy atom. The highest BCUT2D eigenvalue weighted by Gasteiger charge is 2.31. The van der Waals surface area contributed by atoms with Crippen molar-refractivity contribution in [3.8, 4) is 0 Å². The van der Waals surface area contributed by atoms with Crippen LogP contribution in [-0.4, -0.2) is 12.0 Å². The minimum atomic E-state index is -0.319. The molecule has 0 radical (unpaired) electrons. The third-order valence-electron chi connectivity index (χ3n) is 3.50. The normalized spacial score (nSPS) is 19.1. The van der Waals surface area contributed by atoms with E-state index in [0.717, 1.165) is 22.5 Å². The van der Waals surface area contributed by atoms with E-state index in [1.165, 1.54) is 5.56 Å². The molecule has 2 aromatic carbocycles. The maximum atomic E-state index is 4.72. The van der Waals surface area contributed by atoms with E-state index < -0.39 is 0 Å². The average molecular weight is 263 g/mol. The zero-order valence-electron chi connectivity index (χ0n) is 11.0. The summed E-state index contributed by atoms with van der Waals surface area (Å²) in [4.78, 5) is 4.72. The molecular weight excluding hydrogens is 250 g/mol. The Labute approximate surface area is 116 Å². The van der Waals surface area contributed by atoms with Gasteiger partial charge in [0.25, 0.3) is 6.29 Å². The summed E-state index contributed by atoms with van der Waals surface area (Å²) in [5.74, 6) is 0. The van der Waals surface area contributed by atoms with Crippen LogP contribution in [0.3, 0.4) is 0 Å². The fourth-order valence-corrected chi connectivity index (χ4v) is 2.55. The first-order valence-corrected chi connectivity index (χ1v) is 6.52. The number of anilines is 1. The summed E-state index contributed by atoms with van der Waals surface area (Å²) in [5.41, 5.74) is 8.32. The Morgan fingerprint density at radius 1 is 1.10 bits per heavy atom. The molecule has 0 unspecified atom stereocenters. The van der Waals surface area contributed by atoms with E-state index in [0.29, 0.717) is 0 Å². The maximum Gasteiger partial charge on any atom is 0.256 e. The molecule has 1 atom stereocenters. The highest BCUT2D eigenvalue weighted by Crippen LogP contribution is 2.32. The number of hydrogen-bond donors (Lipinski definition) is 1. The molecule has 2 aliphatic heterocycles. The minimum absolute atomic E-state index is 0.319. The van der Waals surface area contributed by atoms with Crippen LogP contribution >= 0.6 is 0 Å².